The quantitative estimate of drug-likeness (QED) is 0.464. The summed E-state index contributed by atoms with van der Waals surface area (Å²) in [4.78, 5) is 27.2. The van der Waals surface area contributed by atoms with Crippen LogP contribution in [0.5, 0.6) is 5.75 Å². The molecule has 1 saturated carbocycles. The van der Waals surface area contributed by atoms with Crippen LogP contribution in [0.4, 0.5) is 29.3 Å². The van der Waals surface area contributed by atoms with Gasteiger partial charge in [0.2, 0.25) is 0 Å². The topological polar surface area (TPSA) is 82.7 Å². The normalized spacial score (nSPS) is 14.5. The number of carbonyl (C=O) groups excluding carboxylic acids is 2. The summed E-state index contributed by atoms with van der Waals surface area (Å²) in [6.07, 6.45) is 1.74. The summed E-state index contributed by atoms with van der Waals surface area (Å²) in [7, 11) is 3.51. The number of urea groups is 1. The first-order valence-corrected chi connectivity index (χ1v) is 11.6. The molecule has 2 aromatic rings. The van der Waals surface area contributed by atoms with Gasteiger partial charge in [-0.2, -0.15) is 13.2 Å². The molecule has 2 aromatic carbocycles. The summed E-state index contributed by atoms with van der Waals surface area (Å²) in [6, 6.07) is 8.64. The third kappa shape index (κ3) is 7.61. The molecule has 1 aliphatic carbocycles. The molecule has 3 amide bonds. The molecule has 0 spiro atoms. The molecule has 190 valence electrons. The van der Waals surface area contributed by atoms with E-state index in [0.29, 0.717) is 23.8 Å². The highest BCUT2D eigenvalue weighted by molar-refractivity contribution is 6.01. The Balaban J connectivity index is 1.53. The van der Waals surface area contributed by atoms with Crippen molar-refractivity contribution in [2.45, 2.75) is 44.3 Å². The van der Waals surface area contributed by atoms with E-state index in [0.717, 1.165) is 18.7 Å². The second-order valence-electron chi connectivity index (χ2n) is 8.60. The van der Waals surface area contributed by atoms with Crippen LogP contribution in [0.15, 0.2) is 42.5 Å². The third-order valence-corrected chi connectivity index (χ3v) is 6.12. The van der Waals surface area contributed by atoms with Crippen LogP contribution >= 0.6 is 0 Å². The maximum Gasteiger partial charge on any atom is 0.416 e. The number of nitrogens with one attached hydrogen (secondary N) is 3. The van der Waals surface area contributed by atoms with Crippen LogP contribution in [0.2, 0.25) is 0 Å². The van der Waals surface area contributed by atoms with Crippen molar-refractivity contribution in [2.24, 2.45) is 0 Å². The van der Waals surface area contributed by atoms with Gasteiger partial charge >= 0.3 is 12.2 Å². The molecular formula is C25H31F3N4O3. The van der Waals surface area contributed by atoms with Crippen molar-refractivity contribution in [3.63, 3.8) is 0 Å². The number of hydrogen-bond acceptors (Lipinski definition) is 4. The Morgan fingerprint density at radius 2 is 1.63 bits per heavy atom. The number of ether oxygens (including phenoxy) is 1. The van der Waals surface area contributed by atoms with E-state index in [1.807, 2.05) is 0 Å². The van der Waals surface area contributed by atoms with E-state index in [1.54, 1.807) is 12.1 Å². The Kier molecular flexibility index (Phi) is 8.97. The number of hydrogen-bond donors (Lipinski definition) is 3. The van der Waals surface area contributed by atoms with E-state index in [1.165, 1.54) is 57.4 Å². The second-order valence-corrected chi connectivity index (χ2v) is 8.60. The maximum atomic E-state index is 12.7. The lowest BCUT2D eigenvalue weighted by Gasteiger charge is -2.31. The molecule has 0 aliphatic heterocycles. The summed E-state index contributed by atoms with van der Waals surface area (Å²) in [5.41, 5.74) is 0.0979. The van der Waals surface area contributed by atoms with Crippen molar-refractivity contribution < 1.29 is 27.5 Å². The van der Waals surface area contributed by atoms with Crippen molar-refractivity contribution in [1.29, 1.82) is 0 Å². The van der Waals surface area contributed by atoms with Crippen molar-refractivity contribution >= 4 is 23.3 Å². The van der Waals surface area contributed by atoms with Gasteiger partial charge in [0.25, 0.3) is 5.91 Å². The van der Waals surface area contributed by atoms with Crippen LogP contribution in [0.3, 0.4) is 0 Å². The fourth-order valence-electron chi connectivity index (χ4n) is 4.14. The number of anilines is 2. The Hall–Kier alpha value is -3.27. The number of halogens is 3. The van der Waals surface area contributed by atoms with Crippen LogP contribution < -0.4 is 20.7 Å². The number of likely N-dealkylation sites (N-methyl/N-ethyl adjacent to an activating group) is 1. The van der Waals surface area contributed by atoms with Gasteiger partial charge in [-0.15, -0.1) is 0 Å². The third-order valence-electron chi connectivity index (χ3n) is 6.12. The molecule has 7 nitrogen and oxygen atoms in total. The van der Waals surface area contributed by atoms with Gasteiger partial charge in [-0.3, -0.25) is 4.79 Å². The SMILES string of the molecule is COc1cc(NC(=O)Nc2ccc(C(F)(F)F)cc2)ccc1C(=O)NCCN(C)C1CCCCC1. The lowest BCUT2D eigenvalue weighted by atomic mass is 9.94. The number of alkyl halides is 3. The molecule has 1 fully saturated rings. The smallest absolute Gasteiger partial charge is 0.416 e. The number of amides is 3. The minimum atomic E-state index is -4.45. The van der Waals surface area contributed by atoms with Gasteiger partial charge in [0.05, 0.1) is 18.2 Å². The first-order valence-electron chi connectivity index (χ1n) is 11.6. The number of rotatable bonds is 8. The molecule has 3 N–H and O–H groups in total. The molecule has 0 radical (unpaired) electrons. The zero-order valence-corrected chi connectivity index (χ0v) is 19.9. The van der Waals surface area contributed by atoms with Gasteiger partial charge < -0.3 is 25.6 Å². The van der Waals surface area contributed by atoms with Crippen molar-refractivity contribution in [1.82, 2.24) is 10.2 Å². The van der Waals surface area contributed by atoms with Crippen LogP contribution in [-0.4, -0.2) is 50.1 Å². The maximum absolute atomic E-state index is 12.7. The molecule has 10 heteroatoms. The van der Waals surface area contributed by atoms with Crippen LogP contribution in [0.1, 0.15) is 48.0 Å². The Morgan fingerprint density at radius 3 is 2.26 bits per heavy atom. The number of methoxy groups -OCH3 is 1. The summed E-state index contributed by atoms with van der Waals surface area (Å²) in [5, 5.41) is 7.96. The van der Waals surface area contributed by atoms with E-state index >= 15 is 0 Å². The lowest BCUT2D eigenvalue weighted by molar-refractivity contribution is -0.137. The van der Waals surface area contributed by atoms with Crippen LogP contribution in [-0.2, 0) is 6.18 Å². The minimum Gasteiger partial charge on any atom is -0.496 e. The number of carbonyl (C=O) groups is 2. The number of benzene rings is 2. The van der Waals surface area contributed by atoms with Crippen molar-refractivity contribution in [3.8, 4) is 5.75 Å². The van der Waals surface area contributed by atoms with E-state index in [-0.39, 0.29) is 17.3 Å². The largest absolute Gasteiger partial charge is 0.496 e. The highest BCUT2D eigenvalue weighted by Crippen LogP contribution is 2.30. The van der Waals surface area contributed by atoms with Crippen molar-refractivity contribution in [3.05, 3.63) is 53.6 Å². The summed E-state index contributed by atoms with van der Waals surface area (Å²) < 4.78 is 43.3. The first-order chi connectivity index (χ1) is 16.7. The first kappa shape index (κ1) is 26.3. The van der Waals surface area contributed by atoms with E-state index in [2.05, 4.69) is 27.9 Å². The Labute approximate surface area is 203 Å². The van der Waals surface area contributed by atoms with E-state index in [9.17, 15) is 22.8 Å². The lowest BCUT2D eigenvalue weighted by Crippen LogP contribution is -2.39. The highest BCUT2D eigenvalue weighted by Gasteiger charge is 2.30. The number of nitrogens with zero attached hydrogens (tertiary/aromatic N) is 1. The molecule has 0 unspecified atom stereocenters. The molecule has 0 heterocycles. The van der Waals surface area contributed by atoms with Crippen molar-refractivity contribution in [2.75, 3.05) is 37.9 Å². The predicted molar refractivity (Wildman–Crippen MR) is 129 cm³/mol. The molecule has 0 bridgehead atoms. The van der Waals surface area contributed by atoms with E-state index < -0.39 is 17.8 Å². The Bertz CT molecular complexity index is 1010. The summed E-state index contributed by atoms with van der Waals surface area (Å²) in [5.74, 6) is 0.00937. The molecule has 35 heavy (non-hydrogen) atoms. The standard InChI is InChI=1S/C25H31F3N4O3/c1-32(20-6-4-3-5-7-20)15-14-29-23(33)21-13-12-19(16-22(21)35-2)31-24(34)30-18-10-8-17(9-11-18)25(26,27)28/h8-13,16,20H,3-7,14-15H2,1-2H3,(H,29,33)(H2,30,31,34). The fourth-order valence-corrected chi connectivity index (χ4v) is 4.14. The highest BCUT2D eigenvalue weighted by atomic mass is 19.4. The molecule has 1 aliphatic rings. The molecular weight excluding hydrogens is 461 g/mol. The minimum absolute atomic E-state index is 0.205. The van der Waals surface area contributed by atoms with Gasteiger partial charge in [0, 0.05) is 36.6 Å². The van der Waals surface area contributed by atoms with E-state index in [4.69, 9.17) is 4.74 Å². The monoisotopic (exact) mass is 492 g/mol. The summed E-state index contributed by atoms with van der Waals surface area (Å²) >= 11 is 0. The zero-order chi connectivity index (χ0) is 25.4. The van der Waals surface area contributed by atoms with Gasteiger partial charge in [-0.05, 0) is 56.3 Å². The average Bonchev–Trinajstić information content (AvgIpc) is 2.84. The van der Waals surface area contributed by atoms with Crippen LogP contribution in [0, 0.1) is 0 Å². The van der Waals surface area contributed by atoms with Gasteiger partial charge in [-0.1, -0.05) is 19.3 Å². The molecule has 0 aromatic heterocycles. The summed E-state index contributed by atoms with van der Waals surface area (Å²) in [6.45, 7) is 1.26. The predicted octanol–water partition coefficient (Wildman–Crippen LogP) is 5.35. The molecule has 0 atom stereocenters. The van der Waals surface area contributed by atoms with Crippen LogP contribution in [0.25, 0.3) is 0 Å². The molecule has 3 rings (SSSR count). The Morgan fingerprint density at radius 1 is 1.00 bits per heavy atom. The zero-order valence-electron chi connectivity index (χ0n) is 19.9. The fraction of sp³-hybridized carbons (Fsp3) is 0.440. The van der Waals surface area contributed by atoms with Gasteiger partial charge in [0.15, 0.2) is 0 Å². The second kappa shape index (κ2) is 11.9. The van der Waals surface area contributed by atoms with Gasteiger partial charge in [0.1, 0.15) is 5.75 Å². The van der Waals surface area contributed by atoms with Gasteiger partial charge in [-0.25, -0.2) is 4.79 Å². The average molecular weight is 493 g/mol. The molecule has 0 saturated heterocycles.